The van der Waals surface area contributed by atoms with Crippen LogP contribution in [-0.4, -0.2) is 24.6 Å². The lowest BCUT2D eigenvalue weighted by atomic mass is 9.91. The first-order valence-electron chi connectivity index (χ1n) is 12.5. The Morgan fingerprint density at radius 3 is 2.41 bits per heavy atom. The van der Waals surface area contributed by atoms with Crippen molar-refractivity contribution in [2.75, 3.05) is 19.0 Å². The summed E-state index contributed by atoms with van der Waals surface area (Å²) in [6.45, 7) is 19.7. The number of carbonyl (C=O) groups excluding carboxylic acids is 1. The first kappa shape index (κ1) is 29.4. The third kappa shape index (κ3) is 9.34. The van der Waals surface area contributed by atoms with Crippen LogP contribution >= 0.6 is 0 Å². The Morgan fingerprint density at radius 2 is 1.91 bits per heavy atom. The van der Waals surface area contributed by atoms with Gasteiger partial charge in [0.2, 0.25) is 5.91 Å². The number of allylic oxidation sites excluding steroid dienone is 4. The lowest BCUT2D eigenvalue weighted by molar-refractivity contribution is -0.118. The molecule has 0 spiro atoms. The van der Waals surface area contributed by atoms with E-state index in [4.69, 9.17) is 4.74 Å². The number of anilines is 1. The summed E-state index contributed by atoms with van der Waals surface area (Å²) in [5.41, 5.74) is 5.25. The van der Waals surface area contributed by atoms with E-state index in [-0.39, 0.29) is 17.2 Å². The Morgan fingerprint density at radius 1 is 1.21 bits per heavy atom. The Hall–Kier alpha value is -2.59. The Balaban J connectivity index is 0.000000852. The molecule has 0 saturated heterocycles. The van der Waals surface area contributed by atoms with Crippen LogP contribution in [0.5, 0.6) is 0 Å². The number of aromatic amines is 1. The molecule has 1 amide bonds. The van der Waals surface area contributed by atoms with Crippen LogP contribution in [0.25, 0.3) is 10.9 Å². The standard InChI is InChI=1S/C25H34N2O.C5H12O/c1-8-11-21(18(10-3)14-17(4)9-2)24(28)26-20-12-13-22-19(15-20)16-23(27-22)25(5,6)7;1-3-4-5-6-2/h9-10,12-16,21,27H,3,8,11H2,1-2,4-7H3,(H,26,28);3-5H2,1-2H3/b17-9-,18-14+;. The molecule has 1 aromatic heterocycles. The summed E-state index contributed by atoms with van der Waals surface area (Å²) < 4.78 is 4.78. The van der Waals surface area contributed by atoms with Crippen LogP contribution in [-0.2, 0) is 14.9 Å². The minimum atomic E-state index is -0.204. The molecule has 1 aromatic carbocycles. The van der Waals surface area contributed by atoms with E-state index >= 15 is 0 Å². The summed E-state index contributed by atoms with van der Waals surface area (Å²) in [4.78, 5) is 16.5. The van der Waals surface area contributed by atoms with Crippen molar-refractivity contribution in [1.82, 2.24) is 4.98 Å². The normalized spacial score (nSPS) is 13.3. The van der Waals surface area contributed by atoms with Gasteiger partial charge in [0, 0.05) is 41.4 Å². The zero-order valence-electron chi connectivity index (χ0n) is 22.7. The number of fused-ring (bicyclic) bond motifs is 1. The highest BCUT2D eigenvalue weighted by Crippen LogP contribution is 2.28. The van der Waals surface area contributed by atoms with Crippen LogP contribution in [0, 0.1) is 5.92 Å². The molecular formula is C30H46N2O2. The van der Waals surface area contributed by atoms with Crippen LogP contribution in [0.1, 0.15) is 79.8 Å². The molecule has 4 heteroatoms. The van der Waals surface area contributed by atoms with Gasteiger partial charge in [-0.25, -0.2) is 0 Å². The van der Waals surface area contributed by atoms with Gasteiger partial charge in [-0.3, -0.25) is 4.79 Å². The predicted octanol–water partition coefficient (Wildman–Crippen LogP) is 8.33. The van der Waals surface area contributed by atoms with E-state index in [0.29, 0.717) is 0 Å². The van der Waals surface area contributed by atoms with Crippen molar-refractivity contribution in [2.24, 2.45) is 5.92 Å². The second kappa shape index (κ2) is 14.6. The van der Waals surface area contributed by atoms with Crippen molar-refractivity contribution in [3.8, 4) is 0 Å². The monoisotopic (exact) mass is 466 g/mol. The van der Waals surface area contributed by atoms with Gasteiger partial charge in [-0.1, -0.05) is 77.8 Å². The van der Waals surface area contributed by atoms with Crippen molar-refractivity contribution in [3.05, 3.63) is 65.9 Å². The summed E-state index contributed by atoms with van der Waals surface area (Å²) in [6.07, 6.45) is 10.0. The fourth-order valence-corrected chi connectivity index (χ4v) is 3.52. The molecule has 34 heavy (non-hydrogen) atoms. The number of amides is 1. The lowest BCUT2D eigenvalue weighted by Gasteiger charge is -2.18. The molecule has 0 aliphatic rings. The molecule has 0 saturated carbocycles. The van der Waals surface area contributed by atoms with E-state index in [1.807, 2.05) is 38.1 Å². The molecule has 188 valence electrons. The third-order valence-electron chi connectivity index (χ3n) is 5.78. The van der Waals surface area contributed by atoms with Crippen molar-refractivity contribution in [2.45, 2.75) is 79.6 Å². The maximum Gasteiger partial charge on any atom is 0.231 e. The maximum atomic E-state index is 13.0. The molecule has 1 unspecified atom stereocenters. The number of benzene rings is 1. The molecule has 2 aromatic rings. The van der Waals surface area contributed by atoms with E-state index < -0.39 is 0 Å². The summed E-state index contributed by atoms with van der Waals surface area (Å²) in [5, 5.41) is 4.22. The van der Waals surface area contributed by atoms with Crippen molar-refractivity contribution < 1.29 is 9.53 Å². The van der Waals surface area contributed by atoms with Crippen LogP contribution in [0.15, 0.2) is 60.2 Å². The summed E-state index contributed by atoms with van der Waals surface area (Å²) in [6, 6.07) is 8.19. The minimum Gasteiger partial charge on any atom is -0.385 e. The first-order valence-corrected chi connectivity index (χ1v) is 12.5. The third-order valence-corrected chi connectivity index (χ3v) is 5.78. The molecular weight excluding hydrogens is 420 g/mol. The number of unbranched alkanes of at least 4 members (excludes halogenated alkanes) is 1. The summed E-state index contributed by atoms with van der Waals surface area (Å²) in [7, 11) is 1.73. The zero-order chi connectivity index (χ0) is 25.7. The maximum absolute atomic E-state index is 13.0. The van der Waals surface area contributed by atoms with Crippen LogP contribution in [0.2, 0.25) is 0 Å². The fourth-order valence-electron chi connectivity index (χ4n) is 3.52. The van der Waals surface area contributed by atoms with Gasteiger partial charge in [0.05, 0.1) is 5.92 Å². The number of carbonyl (C=O) groups is 1. The van der Waals surface area contributed by atoms with Crippen molar-refractivity contribution >= 4 is 22.5 Å². The van der Waals surface area contributed by atoms with Gasteiger partial charge in [0.15, 0.2) is 0 Å². The zero-order valence-corrected chi connectivity index (χ0v) is 22.7. The molecule has 1 heterocycles. The number of aromatic nitrogens is 1. The average Bonchev–Trinajstić information content (AvgIpc) is 3.24. The molecule has 0 fully saturated rings. The number of H-pyrrole nitrogens is 1. The van der Waals surface area contributed by atoms with Crippen LogP contribution in [0.3, 0.4) is 0 Å². The smallest absolute Gasteiger partial charge is 0.231 e. The Bertz CT molecular complexity index is 969. The number of hydrogen-bond donors (Lipinski definition) is 2. The highest BCUT2D eigenvalue weighted by molar-refractivity contribution is 5.97. The van der Waals surface area contributed by atoms with E-state index in [9.17, 15) is 4.79 Å². The van der Waals surface area contributed by atoms with Gasteiger partial charge in [-0.05, 0) is 56.5 Å². The summed E-state index contributed by atoms with van der Waals surface area (Å²) in [5.74, 6) is -0.188. The number of nitrogens with one attached hydrogen (secondary N) is 2. The second-order valence-corrected chi connectivity index (χ2v) is 9.79. The molecule has 0 radical (unpaired) electrons. The molecule has 1 atom stereocenters. The average molecular weight is 467 g/mol. The Kier molecular flexibility index (Phi) is 12.7. The van der Waals surface area contributed by atoms with Gasteiger partial charge in [0.25, 0.3) is 0 Å². The number of methoxy groups -OCH3 is 1. The number of rotatable bonds is 10. The highest BCUT2D eigenvalue weighted by Gasteiger charge is 2.21. The van der Waals surface area contributed by atoms with Crippen molar-refractivity contribution in [1.29, 1.82) is 0 Å². The minimum absolute atomic E-state index is 0.0165. The molecule has 0 bridgehead atoms. The topological polar surface area (TPSA) is 54.1 Å². The van der Waals surface area contributed by atoms with Gasteiger partial charge in [0.1, 0.15) is 0 Å². The lowest BCUT2D eigenvalue weighted by Crippen LogP contribution is -2.24. The van der Waals surface area contributed by atoms with E-state index in [0.717, 1.165) is 47.2 Å². The molecule has 0 aliphatic heterocycles. The fraction of sp³-hybridized carbons (Fsp3) is 0.500. The SMILES string of the molecule is C=C/C(=C\C(C)=C/C)C(CCC)C(=O)Nc1ccc2[nH]c(C(C)(C)C)cc2c1.CCCCOC. The number of ether oxygens (including phenoxy) is 1. The van der Waals surface area contributed by atoms with Crippen LogP contribution < -0.4 is 5.32 Å². The quantitative estimate of drug-likeness (QED) is 0.273. The molecule has 2 N–H and O–H groups in total. The first-order chi connectivity index (χ1) is 16.1. The van der Waals surface area contributed by atoms with E-state index in [1.54, 1.807) is 13.2 Å². The molecule has 2 rings (SSSR count). The second-order valence-electron chi connectivity index (χ2n) is 9.79. The van der Waals surface area contributed by atoms with Gasteiger partial charge in [-0.2, -0.15) is 0 Å². The molecule has 4 nitrogen and oxygen atoms in total. The summed E-state index contributed by atoms with van der Waals surface area (Å²) >= 11 is 0. The van der Waals surface area contributed by atoms with Gasteiger partial charge >= 0.3 is 0 Å². The van der Waals surface area contributed by atoms with Crippen molar-refractivity contribution in [3.63, 3.8) is 0 Å². The van der Waals surface area contributed by atoms with E-state index in [1.165, 1.54) is 18.5 Å². The largest absolute Gasteiger partial charge is 0.385 e. The molecule has 0 aliphatic carbocycles. The van der Waals surface area contributed by atoms with Crippen LogP contribution in [0.4, 0.5) is 5.69 Å². The highest BCUT2D eigenvalue weighted by atomic mass is 16.5. The number of hydrogen-bond acceptors (Lipinski definition) is 2. The van der Waals surface area contributed by atoms with Gasteiger partial charge < -0.3 is 15.0 Å². The van der Waals surface area contributed by atoms with E-state index in [2.05, 4.69) is 63.6 Å². The predicted molar refractivity (Wildman–Crippen MR) is 149 cm³/mol. The Labute approximate surface area is 207 Å². The van der Waals surface area contributed by atoms with Gasteiger partial charge in [-0.15, -0.1) is 0 Å².